The third kappa shape index (κ3) is 13.9. The molecule has 0 aromatic carbocycles. The molecule has 0 fully saturated rings. The monoisotopic (exact) mass is 217 g/mol. The van der Waals surface area contributed by atoms with Gasteiger partial charge in [-0.15, -0.1) is 0 Å². The average Bonchev–Trinajstić information content (AvgIpc) is 2.29. The maximum Gasteiger partial charge on any atom is 0.0679 e. The van der Waals surface area contributed by atoms with Crippen LogP contribution in [0.5, 0.6) is 0 Å². The normalized spacial score (nSPS) is 14.0. The molecule has 0 rings (SSSR count). The Labute approximate surface area is 96.7 Å². The van der Waals surface area contributed by atoms with Gasteiger partial charge in [0, 0.05) is 6.04 Å². The molecule has 2 nitrogen and oxygen atoms in total. The fourth-order valence-electron chi connectivity index (χ4n) is 1.10. The van der Waals surface area contributed by atoms with Gasteiger partial charge in [-0.3, -0.25) is 0 Å². The van der Waals surface area contributed by atoms with Crippen molar-refractivity contribution in [3.8, 4) is 0 Å². The first-order chi connectivity index (χ1) is 7.20. The molecule has 2 unspecified atom stereocenters. The Balaban J connectivity index is 0. The van der Waals surface area contributed by atoms with Crippen molar-refractivity contribution in [2.24, 2.45) is 5.92 Å². The summed E-state index contributed by atoms with van der Waals surface area (Å²) in [5.74, 6) is 0.843. The molecule has 0 saturated carbocycles. The summed E-state index contributed by atoms with van der Waals surface area (Å²) in [6, 6.07) is 0.487. The van der Waals surface area contributed by atoms with Crippen molar-refractivity contribution in [3.63, 3.8) is 0 Å². The minimum atomic E-state index is 0.487. The molecule has 0 spiro atoms. The van der Waals surface area contributed by atoms with Gasteiger partial charge >= 0.3 is 0 Å². The molecule has 0 aliphatic rings. The summed E-state index contributed by atoms with van der Waals surface area (Å²) in [7, 11) is 0. The van der Waals surface area contributed by atoms with Crippen LogP contribution in [-0.2, 0) is 4.84 Å². The summed E-state index contributed by atoms with van der Waals surface area (Å²) in [6.07, 6.45) is 4.85. The fourth-order valence-corrected chi connectivity index (χ4v) is 1.10. The van der Waals surface area contributed by atoms with Gasteiger partial charge in [0.25, 0.3) is 0 Å². The Morgan fingerprint density at radius 1 is 1.07 bits per heavy atom. The standard InChI is InChI=1S/C11H25NO.C2H6/c1-5-9-13-12-11(4)8-7-10(3)6-2;1-2/h10-12H,5-9H2,1-4H3;1-2H3. The van der Waals surface area contributed by atoms with Gasteiger partial charge in [-0.2, -0.15) is 5.48 Å². The highest BCUT2D eigenvalue weighted by Gasteiger charge is 2.04. The van der Waals surface area contributed by atoms with Crippen LogP contribution in [-0.4, -0.2) is 12.6 Å². The summed E-state index contributed by atoms with van der Waals surface area (Å²) in [5, 5.41) is 0. The van der Waals surface area contributed by atoms with Crippen molar-refractivity contribution < 1.29 is 4.84 Å². The molecule has 0 aromatic rings. The van der Waals surface area contributed by atoms with E-state index in [1.165, 1.54) is 19.3 Å². The molecule has 0 bridgehead atoms. The van der Waals surface area contributed by atoms with Crippen molar-refractivity contribution >= 4 is 0 Å². The lowest BCUT2D eigenvalue weighted by molar-refractivity contribution is 0.0174. The van der Waals surface area contributed by atoms with Crippen LogP contribution in [0.1, 0.15) is 67.2 Å². The fraction of sp³-hybridized carbons (Fsp3) is 1.00. The summed E-state index contributed by atoms with van der Waals surface area (Å²) in [5.41, 5.74) is 3.06. The lowest BCUT2D eigenvalue weighted by Gasteiger charge is -2.15. The second kappa shape index (κ2) is 13.9. The van der Waals surface area contributed by atoms with Crippen LogP contribution in [0.2, 0.25) is 0 Å². The van der Waals surface area contributed by atoms with E-state index in [1.54, 1.807) is 0 Å². The zero-order valence-electron chi connectivity index (χ0n) is 11.6. The van der Waals surface area contributed by atoms with Crippen LogP contribution >= 0.6 is 0 Å². The topological polar surface area (TPSA) is 21.3 Å². The predicted molar refractivity (Wildman–Crippen MR) is 68.9 cm³/mol. The SMILES string of the molecule is CC.CCCONC(C)CCC(C)CC. The molecule has 0 aromatic heterocycles. The van der Waals surface area contributed by atoms with Crippen LogP contribution in [0.3, 0.4) is 0 Å². The molecular formula is C13H31NO. The third-order valence-corrected chi connectivity index (χ3v) is 2.38. The molecule has 0 aliphatic heterocycles. The third-order valence-electron chi connectivity index (χ3n) is 2.38. The Hall–Kier alpha value is -0.0800. The maximum atomic E-state index is 5.26. The minimum Gasteiger partial charge on any atom is -0.302 e. The van der Waals surface area contributed by atoms with E-state index < -0.39 is 0 Å². The van der Waals surface area contributed by atoms with Gasteiger partial charge in [0.05, 0.1) is 6.61 Å². The van der Waals surface area contributed by atoms with Gasteiger partial charge in [0.1, 0.15) is 0 Å². The van der Waals surface area contributed by atoms with E-state index in [9.17, 15) is 0 Å². The van der Waals surface area contributed by atoms with Gasteiger partial charge in [-0.25, -0.2) is 0 Å². The second-order valence-electron chi connectivity index (χ2n) is 3.96. The van der Waals surface area contributed by atoms with Gasteiger partial charge in [0.2, 0.25) is 0 Å². The highest BCUT2D eigenvalue weighted by molar-refractivity contribution is 4.58. The molecule has 0 aliphatic carbocycles. The van der Waals surface area contributed by atoms with E-state index >= 15 is 0 Å². The lowest BCUT2D eigenvalue weighted by Crippen LogP contribution is -2.26. The summed E-state index contributed by atoms with van der Waals surface area (Å²) >= 11 is 0. The molecule has 2 atom stereocenters. The van der Waals surface area contributed by atoms with Crippen LogP contribution in [0.15, 0.2) is 0 Å². The first kappa shape index (κ1) is 17.3. The predicted octanol–water partition coefficient (Wildman–Crippen LogP) is 4.16. The summed E-state index contributed by atoms with van der Waals surface area (Å²) in [4.78, 5) is 5.26. The number of rotatable bonds is 8. The van der Waals surface area contributed by atoms with Crippen molar-refractivity contribution in [1.82, 2.24) is 5.48 Å². The van der Waals surface area contributed by atoms with E-state index in [0.717, 1.165) is 18.9 Å². The smallest absolute Gasteiger partial charge is 0.0679 e. The zero-order chi connectivity index (χ0) is 12.1. The van der Waals surface area contributed by atoms with Crippen molar-refractivity contribution in [3.05, 3.63) is 0 Å². The molecule has 0 heterocycles. The van der Waals surface area contributed by atoms with E-state index in [1.807, 2.05) is 13.8 Å². The first-order valence-electron chi connectivity index (χ1n) is 6.58. The molecule has 0 saturated heterocycles. The zero-order valence-corrected chi connectivity index (χ0v) is 11.6. The number of hydrogen-bond donors (Lipinski definition) is 1. The summed E-state index contributed by atoms with van der Waals surface area (Å²) in [6.45, 7) is 13.7. The Morgan fingerprint density at radius 2 is 1.67 bits per heavy atom. The highest BCUT2D eigenvalue weighted by Crippen LogP contribution is 2.10. The molecule has 15 heavy (non-hydrogen) atoms. The van der Waals surface area contributed by atoms with E-state index in [-0.39, 0.29) is 0 Å². The molecule has 2 heteroatoms. The van der Waals surface area contributed by atoms with Gasteiger partial charge in [-0.05, 0) is 32.1 Å². The van der Waals surface area contributed by atoms with E-state index in [4.69, 9.17) is 4.84 Å². The first-order valence-corrected chi connectivity index (χ1v) is 6.58. The molecule has 94 valence electrons. The minimum absolute atomic E-state index is 0.487. The molecule has 1 N–H and O–H groups in total. The quantitative estimate of drug-likeness (QED) is 0.487. The largest absolute Gasteiger partial charge is 0.302 e. The highest BCUT2D eigenvalue weighted by atomic mass is 16.6. The Bertz CT molecular complexity index is 107. The Kier molecular flexibility index (Phi) is 16.1. The number of hydrogen-bond acceptors (Lipinski definition) is 2. The second-order valence-corrected chi connectivity index (χ2v) is 3.96. The molecule has 0 radical (unpaired) electrons. The lowest BCUT2D eigenvalue weighted by atomic mass is 10.0. The van der Waals surface area contributed by atoms with Gasteiger partial charge in [-0.1, -0.05) is 41.0 Å². The number of nitrogens with one attached hydrogen (secondary N) is 1. The van der Waals surface area contributed by atoms with Crippen LogP contribution in [0.4, 0.5) is 0 Å². The summed E-state index contributed by atoms with van der Waals surface area (Å²) < 4.78 is 0. The van der Waals surface area contributed by atoms with Gasteiger partial charge < -0.3 is 4.84 Å². The maximum absolute atomic E-state index is 5.26. The average molecular weight is 217 g/mol. The van der Waals surface area contributed by atoms with E-state index in [0.29, 0.717) is 6.04 Å². The van der Waals surface area contributed by atoms with Crippen molar-refractivity contribution in [2.75, 3.05) is 6.61 Å². The van der Waals surface area contributed by atoms with E-state index in [2.05, 4.69) is 33.2 Å². The van der Waals surface area contributed by atoms with Crippen LogP contribution < -0.4 is 5.48 Å². The van der Waals surface area contributed by atoms with Crippen molar-refractivity contribution in [2.45, 2.75) is 73.3 Å². The molecule has 0 amide bonds. The van der Waals surface area contributed by atoms with Crippen LogP contribution in [0.25, 0.3) is 0 Å². The Morgan fingerprint density at radius 3 is 2.13 bits per heavy atom. The molecular weight excluding hydrogens is 186 g/mol. The van der Waals surface area contributed by atoms with Gasteiger partial charge in [0.15, 0.2) is 0 Å². The van der Waals surface area contributed by atoms with Crippen LogP contribution in [0, 0.1) is 5.92 Å². The number of hydroxylamine groups is 1. The van der Waals surface area contributed by atoms with Crippen molar-refractivity contribution in [1.29, 1.82) is 0 Å².